The third kappa shape index (κ3) is 2.95. The first-order valence-electron chi connectivity index (χ1n) is 5.65. The fourth-order valence-corrected chi connectivity index (χ4v) is 1.74. The number of nitrogens with zero attached hydrogens (tertiary/aromatic N) is 2. The summed E-state index contributed by atoms with van der Waals surface area (Å²) in [6.07, 6.45) is 3.59. The van der Waals surface area contributed by atoms with E-state index in [1.54, 1.807) is 0 Å². The third-order valence-electron chi connectivity index (χ3n) is 2.72. The quantitative estimate of drug-likeness (QED) is 0.826. The largest absolute Gasteiger partial charge is 0.338 e. The van der Waals surface area contributed by atoms with E-state index >= 15 is 0 Å². The van der Waals surface area contributed by atoms with Crippen LogP contribution in [-0.2, 0) is 5.41 Å². The summed E-state index contributed by atoms with van der Waals surface area (Å²) in [5, 5.41) is 7.44. The Morgan fingerprint density at radius 2 is 2.06 bits per heavy atom. The second kappa shape index (κ2) is 5.15. The van der Waals surface area contributed by atoms with Gasteiger partial charge in [0.25, 0.3) is 0 Å². The van der Waals surface area contributed by atoms with Crippen LogP contribution in [0.4, 0.5) is 0 Å². The fraction of sp³-hybridized carbons (Fsp3) is 0.818. The molecule has 1 fully saturated rings. The van der Waals surface area contributed by atoms with E-state index in [0.717, 1.165) is 24.7 Å². The number of rotatable bonds is 1. The van der Waals surface area contributed by atoms with E-state index in [1.807, 2.05) is 0 Å². The molecule has 0 aromatic carbocycles. The number of nitrogens with one attached hydrogen (secondary N) is 1. The highest BCUT2D eigenvalue weighted by Crippen LogP contribution is 2.24. The van der Waals surface area contributed by atoms with E-state index < -0.39 is 0 Å². The Morgan fingerprint density at radius 3 is 2.56 bits per heavy atom. The van der Waals surface area contributed by atoms with Gasteiger partial charge in [0.1, 0.15) is 0 Å². The first-order chi connectivity index (χ1) is 7.07. The van der Waals surface area contributed by atoms with Crippen LogP contribution >= 0.6 is 12.4 Å². The summed E-state index contributed by atoms with van der Waals surface area (Å²) < 4.78 is 5.31. The van der Waals surface area contributed by atoms with E-state index in [-0.39, 0.29) is 23.9 Å². The Labute approximate surface area is 103 Å². The molecular formula is C11H20ClN3O. The van der Waals surface area contributed by atoms with Gasteiger partial charge in [-0.15, -0.1) is 12.4 Å². The monoisotopic (exact) mass is 245 g/mol. The number of piperidine rings is 1. The van der Waals surface area contributed by atoms with Crippen LogP contribution in [0.15, 0.2) is 4.52 Å². The minimum Gasteiger partial charge on any atom is -0.338 e. The maximum absolute atomic E-state index is 5.31. The highest BCUT2D eigenvalue weighted by Gasteiger charge is 2.25. The Hall–Kier alpha value is -0.610. The molecule has 5 heteroatoms. The predicted octanol–water partition coefficient (Wildman–Crippen LogP) is 2.60. The van der Waals surface area contributed by atoms with Crippen LogP contribution in [0.3, 0.4) is 0 Å². The van der Waals surface area contributed by atoms with Gasteiger partial charge in [0.05, 0.1) is 6.04 Å². The molecule has 0 aliphatic carbocycles. The predicted molar refractivity (Wildman–Crippen MR) is 64.8 cm³/mol. The van der Waals surface area contributed by atoms with Crippen molar-refractivity contribution in [2.45, 2.75) is 51.5 Å². The molecule has 2 rings (SSSR count). The van der Waals surface area contributed by atoms with Crippen molar-refractivity contribution in [2.24, 2.45) is 0 Å². The fourth-order valence-electron chi connectivity index (χ4n) is 1.74. The molecule has 1 atom stereocenters. The van der Waals surface area contributed by atoms with Crippen molar-refractivity contribution in [3.8, 4) is 0 Å². The average Bonchev–Trinajstić information content (AvgIpc) is 2.67. The molecule has 0 bridgehead atoms. The molecule has 1 aliphatic rings. The van der Waals surface area contributed by atoms with Gasteiger partial charge in [-0.25, -0.2) is 0 Å². The summed E-state index contributed by atoms with van der Waals surface area (Å²) in [5.41, 5.74) is -0.0313. The van der Waals surface area contributed by atoms with Gasteiger partial charge in [-0.05, 0) is 19.4 Å². The van der Waals surface area contributed by atoms with Crippen molar-refractivity contribution in [2.75, 3.05) is 6.54 Å². The molecule has 1 aromatic rings. The summed E-state index contributed by atoms with van der Waals surface area (Å²) in [6, 6.07) is 0.266. The van der Waals surface area contributed by atoms with Crippen molar-refractivity contribution in [3.05, 3.63) is 11.7 Å². The van der Waals surface area contributed by atoms with E-state index in [1.165, 1.54) is 12.8 Å². The van der Waals surface area contributed by atoms with Crippen molar-refractivity contribution in [1.82, 2.24) is 15.5 Å². The molecular weight excluding hydrogens is 226 g/mol. The van der Waals surface area contributed by atoms with Crippen molar-refractivity contribution >= 4 is 12.4 Å². The topological polar surface area (TPSA) is 51.0 Å². The molecule has 4 nitrogen and oxygen atoms in total. The summed E-state index contributed by atoms with van der Waals surface area (Å²) in [5.74, 6) is 1.55. The minimum atomic E-state index is -0.0313. The normalized spacial score (nSPS) is 21.6. The van der Waals surface area contributed by atoms with Crippen LogP contribution in [0, 0.1) is 0 Å². The SMILES string of the molecule is CC(C)(C)c1noc(C2CCCCN2)n1.Cl. The molecule has 16 heavy (non-hydrogen) atoms. The number of aromatic nitrogens is 2. The van der Waals surface area contributed by atoms with Crippen LogP contribution < -0.4 is 5.32 Å². The highest BCUT2D eigenvalue weighted by molar-refractivity contribution is 5.85. The van der Waals surface area contributed by atoms with Gasteiger partial charge in [-0.1, -0.05) is 32.3 Å². The van der Waals surface area contributed by atoms with Crippen molar-refractivity contribution in [1.29, 1.82) is 0 Å². The first-order valence-corrected chi connectivity index (χ1v) is 5.65. The lowest BCUT2D eigenvalue weighted by Crippen LogP contribution is -2.27. The first kappa shape index (κ1) is 13.5. The van der Waals surface area contributed by atoms with Crippen LogP contribution in [0.1, 0.15) is 57.8 Å². The molecule has 0 saturated carbocycles. The second-order valence-electron chi connectivity index (χ2n) is 5.21. The van der Waals surface area contributed by atoms with Gasteiger partial charge in [0.15, 0.2) is 5.82 Å². The maximum Gasteiger partial charge on any atom is 0.243 e. The van der Waals surface area contributed by atoms with Crippen LogP contribution in [-0.4, -0.2) is 16.7 Å². The van der Waals surface area contributed by atoms with E-state index in [2.05, 4.69) is 36.2 Å². The van der Waals surface area contributed by atoms with Gasteiger partial charge in [-0.2, -0.15) is 4.98 Å². The van der Waals surface area contributed by atoms with Crippen LogP contribution in [0.5, 0.6) is 0 Å². The Kier molecular flexibility index (Phi) is 4.33. The van der Waals surface area contributed by atoms with Gasteiger partial charge in [-0.3, -0.25) is 0 Å². The van der Waals surface area contributed by atoms with E-state index in [0.29, 0.717) is 0 Å². The number of hydrogen-bond donors (Lipinski definition) is 1. The molecule has 2 heterocycles. The molecule has 1 aliphatic heterocycles. The summed E-state index contributed by atoms with van der Waals surface area (Å²) >= 11 is 0. The number of halogens is 1. The maximum atomic E-state index is 5.31. The van der Waals surface area contributed by atoms with Crippen molar-refractivity contribution in [3.63, 3.8) is 0 Å². The molecule has 92 valence electrons. The summed E-state index contributed by atoms with van der Waals surface area (Å²) in [4.78, 5) is 4.46. The summed E-state index contributed by atoms with van der Waals surface area (Å²) in [7, 11) is 0. The lowest BCUT2D eigenvalue weighted by Gasteiger charge is -2.19. The lowest BCUT2D eigenvalue weighted by atomic mass is 9.96. The average molecular weight is 246 g/mol. The van der Waals surface area contributed by atoms with Crippen LogP contribution in [0.2, 0.25) is 0 Å². The molecule has 0 spiro atoms. The Morgan fingerprint density at radius 1 is 1.31 bits per heavy atom. The van der Waals surface area contributed by atoms with Gasteiger partial charge in [0.2, 0.25) is 5.89 Å². The lowest BCUT2D eigenvalue weighted by molar-refractivity contribution is 0.294. The molecule has 1 saturated heterocycles. The van der Waals surface area contributed by atoms with Gasteiger partial charge >= 0.3 is 0 Å². The molecule has 1 N–H and O–H groups in total. The molecule has 1 aromatic heterocycles. The Bertz CT molecular complexity index is 326. The minimum absolute atomic E-state index is 0. The highest BCUT2D eigenvalue weighted by atomic mass is 35.5. The Balaban J connectivity index is 0.00000128. The van der Waals surface area contributed by atoms with E-state index in [9.17, 15) is 0 Å². The second-order valence-corrected chi connectivity index (χ2v) is 5.21. The molecule has 1 unspecified atom stereocenters. The van der Waals surface area contributed by atoms with Gasteiger partial charge < -0.3 is 9.84 Å². The third-order valence-corrected chi connectivity index (χ3v) is 2.72. The van der Waals surface area contributed by atoms with Crippen LogP contribution in [0.25, 0.3) is 0 Å². The van der Waals surface area contributed by atoms with Gasteiger partial charge in [0, 0.05) is 5.41 Å². The number of hydrogen-bond acceptors (Lipinski definition) is 4. The summed E-state index contributed by atoms with van der Waals surface area (Å²) in [6.45, 7) is 7.33. The zero-order valence-electron chi connectivity index (χ0n) is 10.1. The van der Waals surface area contributed by atoms with E-state index in [4.69, 9.17) is 4.52 Å². The standard InChI is InChI=1S/C11H19N3O.ClH/c1-11(2,3)10-13-9(15-14-10)8-6-4-5-7-12-8;/h8,12H,4-7H2,1-3H3;1H. The smallest absolute Gasteiger partial charge is 0.243 e. The molecule has 0 radical (unpaired) electrons. The zero-order valence-corrected chi connectivity index (χ0v) is 10.9. The molecule has 0 amide bonds. The zero-order chi connectivity index (χ0) is 10.9. The van der Waals surface area contributed by atoms with Crippen molar-refractivity contribution < 1.29 is 4.52 Å².